The average molecular weight is 183 g/mol. The van der Waals surface area contributed by atoms with E-state index >= 15 is 0 Å². The number of hydrogen-bond acceptors (Lipinski definition) is 4. The van der Waals surface area contributed by atoms with Gasteiger partial charge >= 0.3 is 0 Å². The summed E-state index contributed by atoms with van der Waals surface area (Å²) in [6.07, 6.45) is 5.01. The average Bonchev–Trinajstić information content (AvgIpc) is 2.49. The lowest BCUT2D eigenvalue weighted by Gasteiger charge is -2.40. The van der Waals surface area contributed by atoms with Crippen LogP contribution < -0.4 is 11.1 Å². The SMILES string of the molecule is COC1CCCCC12CN=C(N)N2. The maximum Gasteiger partial charge on any atom is 0.189 e. The molecule has 1 aliphatic carbocycles. The van der Waals surface area contributed by atoms with Gasteiger partial charge in [0.2, 0.25) is 0 Å². The van der Waals surface area contributed by atoms with Gasteiger partial charge in [0.15, 0.2) is 5.96 Å². The first-order valence-electron chi connectivity index (χ1n) is 4.88. The molecule has 13 heavy (non-hydrogen) atoms. The lowest BCUT2D eigenvalue weighted by molar-refractivity contribution is 0.00438. The van der Waals surface area contributed by atoms with Crippen molar-refractivity contribution in [3.8, 4) is 0 Å². The molecule has 0 saturated heterocycles. The van der Waals surface area contributed by atoms with Crippen LogP contribution in [-0.4, -0.2) is 31.3 Å². The molecule has 0 bridgehead atoms. The van der Waals surface area contributed by atoms with Crippen LogP contribution in [0.2, 0.25) is 0 Å². The summed E-state index contributed by atoms with van der Waals surface area (Å²) in [6, 6.07) is 0. The smallest absolute Gasteiger partial charge is 0.189 e. The summed E-state index contributed by atoms with van der Waals surface area (Å²) in [5.41, 5.74) is 5.65. The van der Waals surface area contributed by atoms with E-state index < -0.39 is 0 Å². The molecule has 1 spiro atoms. The van der Waals surface area contributed by atoms with Crippen LogP contribution in [0.15, 0.2) is 4.99 Å². The highest BCUT2D eigenvalue weighted by molar-refractivity contribution is 5.80. The van der Waals surface area contributed by atoms with Crippen molar-refractivity contribution in [3.63, 3.8) is 0 Å². The Morgan fingerprint density at radius 2 is 2.46 bits per heavy atom. The van der Waals surface area contributed by atoms with Gasteiger partial charge in [0.05, 0.1) is 18.2 Å². The van der Waals surface area contributed by atoms with E-state index in [4.69, 9.17) is 10.5 Å². The third kappa shape index (κ3) is 1.39. The molecule has 0 aromatic heterocycles. The van der Waals surface area contributed by atoms with Gasteiger partial charge in [-0.05, 0) is 12.8 Å². The second-order valence-electron chi connectivity index (χ2n) is 3.95. The summed E-state index contributed by atoms with van der Waals surface area (Å²) in [6.45, 7) is 0.775. The summed E-state index contributed by atoms with van der Waals surface area (Å²) < 4.78 is 5.49. The minimum atomic E-state index is 0.0110. The first-order valence-corrected chi connectivity index (χ1v) is 4.88. The summed E-state index contributed by atoms with van der Waals surface area (Å²) in [5.74, 6) is 0.573. The van der Waals surface area contributed by atoms with E-state index in [0.29, 0.717) is 5.96 Å². The van der Waals surface area contributed by atoms with Crippen molar-refractivity contribution in [2.75, 3.05) is 13.7 Å². The van der Waals surface area contributed by atoms with E-state index in [-0.39, 0.29) is 11.6 Å². The van der Waals surface area contributed by atoms with Gasteiger partial charge in [-0.15, -0.1) is 0 Å². The molecule has 74 valence electrons. The Morgan fingerprint density at radius 3 is 3.08 bits per heavy atom. The van der Waals surface area contributed by atoms with Crippen molar-refractivity contribution >= 4 is 5.96 Å². The van der Waals surface area contributed by atoms with Gasteiger partial charge in [0, 0.05) is 7.11 Å². The summed E-state index contributed by atoms with van der Waals surface area (Å²) in [7, 11) is 1.77. The predicted molar refractivity (Wildman–Crippen MR) is 51.6 cm³/mol. The highest BCUT2D eigenvalue weighted by atomic mass is 16.5. The maximum atomic E-state index is 5.64. The van der Waals surface area contributed by atoms with Crippen LogP contribution in [0.1, 0.15) is 25.7 Å². The van der Waals surface area contributed by atoms with Crippen molar-refractivity contribution in [1.29, 1.82) is 0 Å². The Bertz CT molecular complexity index is 229. The van der Waals surface area contributed by atoms with E-state index in [0.717, 1.165) is 19.4 Å². The number of nitrogens with two attached hydrogens (primary N) is 1. The van der Waals surface area contributed by atoms with Gasteiger partial charge in [-0.3, -0.25) is 4.99 Å². The van der Waals surface area contributed by atoms with E-state index in [1.807, 2.05) is 0 Å². The molecule has 4 heteroatoms. The molecule has 2 unspecified atom stereocenters. The second-order valence-corrected chi connectivity index (χ2v) is 3.95. The van der Waals surface area contributed by atoms with E-state index in [1.165, 1.54) is 12.8 Å². The fourth-order valence-corrected chi connectivity index (χ4v) is 2.44. The van der Waals surface area contributed by atoms with Crippen LogP contribution in [0, 0.1) is 0 Å². The van der Waals surface area contributed by atoms with Gasteiger partial charge < -0.3 is 15.8 Å². The van der Waals surface area contributed by atoms with Crippen LogP contribution in [0.3, 0.4) is 0 Å². The van der Waals surface area contributed by atoms with Gasteiger partial charge in [-0.2, -0.15) is 0 Å². The number of aliphatic imine (C=N–C) groups is 1. The standard InChI is InChI=1S/C9H17N3O/c1-13-7-4-2-3-5-9(7)6-11-8(10)12-9/h7H,2-6H2,1H3,(H3,10,11,12). The second kappa shape index (κ2) is 3.18. The van der Waals surface area contributed by atoms with Crippen molar-refractivity contribution < 1.29 is 4.74 Å². The van der Waals surface area contributed by atoms with Crippen LogP contribution >= 0.6 is 0 Å². The number of guanidine groups is 1. The van der Waals surface area contributed by atoms with Crippen LogP contribution in [0.5, 0.6) is 0 Å². The molecule has 1 aliphatic heterocycles. The predicted octanol–water partition coefficient (Wildman–Crippen LogP) is 0.232. The number of nitrogens with one attached hydrogen (secondary N) is 1. The van der Waals surface area contributed by atoms with Crippen LogP contribution in [0.25, 0.3) is 0 Å². The van der Waals surface area contributed by atoms with Gasteiger partial charge in [-0.25, -0.2) is 0 Å². The monoisotopic (exact) mass is 183 g/mol. The minimum Gasteiger partial charge on any atom is -0.379 e. The Hall–Kier alpha value is -0.770. The zero-order chi connectivity index (χ0) is 9.31. The lowest BCUT2D eigenvalue weighted by atomic mass is 9.79. The van der Waals surface area contributed by atoms with Crippen LogP contribution in [0.4, 0.5) is 0 Å². The Kier molecular flexibility index (Phi) is 2.15. The number of hydrogen-bond donors (Lipinski definition) is 2. The molecule has 3 N–H and O–H groups in total. The summed E-state index contributed by atoms with van der Waals surface area (Å²) in [4.78, 5) is 4.21. The molecular weight excluding hydrogens is 166 g/mol. The number of rotatable bonds is 1. The minimum absolute atomic E-state index is 0.0110. The van der Waals surface area contributed by atoms with Crippen molar-refractivity contribution in [3.05, 3.63) is 0 Å². The topological polar surface area (TPSA) is 59.6 Å². The summed E-state index contributed by atoms with van der Waals surface area (Å²) in [5, 5.41) is 3.27. The van der Waals surface area contributed by atoms with Gasteiger partial charge in [0.25, 0.3) is 0 Å². The van der Waals surface area contributed by atoms with Crippen molar-refractivity contribution in [2.45, 2.75) is 37.3 Å². The molecule has 1 saturated carbocycles. The molecule has 0 aromatic rings. The zero-order valence-electron chi connectivity index (χ0n) is 8.05. The number of ether oxygens (including phenoxy) is 1. The fraction of sp³-hybridized carbons (Fsp3) is 0.889. The normalized spacial score (nSPS) is 38.8. The van der Waals surface area contributed by atoms with Crippen molar-refractivity contribution in [1.82, 2.24) is 5.32 Å². The van der Waals surface area contributed by atoms with Crippen LogP contribution in [-0.2, 0) is 4.74 Å². The number of nitrogens with zero attached hydrogens (tertiary/aromatic N) is 1. The highest BCUT2D eigenvalue weighted by Crippen LogP contribution is 2.32. The molecule has 1 fully saturated rings. The fourth-order valence-electron chi connectivity index (χ4n) is 2.44. The molecule has 2 atom stereocenters. The summed E-state index contributed by atoms with van der Waals surface area (Å²) >= 11 is 0. The van der Waals surface area contributed by atoms with Gasteiger partial charge in [-0.1, -0.05) is 12.8 Å². The Labute approximate surface area is 78.5 Å². The highest BCUT2D eigenvalue weighted by Gasteiger charge is 2.44. The largest absolute Gasteiger partial charge is 0.379 e. The molecular formula is C9H17N3O. The molecule has 0 radical (unpaired) electrons. The molecule has 0 amide bonds. The third-order valence-electron chi connectivity index (χ3n) is 3.15. The Balaban J connectivity index is 2.10. The first-order chi connectivity index (χ1) is 6.27. The van der Waals surface area contributed by atoms with E-state index in [1.54, 1.807) is 7.11 Å². The third-order valence-corrected chi connectivity index (χ3v) is 3.15. The van der Waals surface area contributed by atoms with E-state index in [2.05, 4.69) is 10.3 Å². The molecule has 2 rings (SSSR count). The quantitative estimate of drug-likeness (QED) is 0.612. The molecule has 4 nitrogen and oxygen atoms in total. The maximum absolute atomic E-state index is 5.64. The zero-order valence-corrected chi connectivity index (χ0v) is 8.05. The van der Waals surface area contributed by atoms with Gasteiger partial charge in [0.1, 0.15) is 0 Å². The molecule has 0 aromatic carbocycles. The van der Waals surface area contributed by atoms with E-state index in [9.17, 15) is 0 Å². The van der Waals surface area contributed by atoms with Crippen molar-refractivity contribution in [2.24, 2.45) is 10.7 Å². The number of methoxy groups -OCH3 is 1. The molecule has 2 aliphatic rings. The first kappa shape index (κ1) is 8.81. The Morgan fingerprint density at radius 1 is 1.62 bits per heavy atom. The molecule has 1 heterocycles. The lowest BCUT2D eigenvalue weighted by Crippen LogP contribution is -2.58.